The first-order valence-electron chi connectivity index (χ1n) is 8.22. The molecule has 0 heterocycles. The molecule has 1 N–H and O–H groups in total. The first-order chi connectivity index (χ1) is 11.5. The van der Waals surface area contributed by atoms with E-state index < -0.39 is 0 Å². The summed E-state index contributed by atoms with van der Waals surface area (Å²) in [5.41, 5.74) is 3.49. The van der Waals surface area contributed by atoms with Crippen molar-refractivity contribution in [3.05, 3.63) is 65.2 Å². The van der Waals surface area contributed by atoms with Crippen LogP contribution < -0.4 is 5.32 Å². The van der Waals surface area contributed by atoms with Crippen LogP contribution >= 0.6 is 0 Å². The van der Waals surface area contributed by atoms with Gasteiger partial charge in [-0.05, 0) is 44.0 Å². The summed E-state index contributed by atoms with van der Waals surface area (Å²) in [6.45, 7) is 6.52. The van der Waals surface area contributed by atoms with Crippen LogP contribution in [0.25, 0.3) is 0 Å². The Balaban J connectivity index is 2.07. The van der Waals surface area contributed by atoms with Crippen LogP contribution in [-0.2, 0) is 4.79 Å². The largest absolute Gasteiger partial charge is 0.329 e. The molecule has 4 heteroatoms. The van der Waals surface area contributed by atoms with E-state index in [9.17, 15) is 9.59 Å². The van der Waals surface area contributed by atoms with Gasteiger partial charge in [-0.3, -0.25) is 9.59 Å². The Morgan fingerprint density at radius 2 is 1.67 bits per heavy atom. The van der Waals surface area contributed by atoms with Crippen molar-refractivity contribution in [3.8, 4) is 0 Å². The molecule has 24 heavy (non-hydrogen) atoms. The van der Waals surface area contributed by atoms with Gasteiger partial charge in [0.1, 0.15) is 6.54 Å². The number of amides is 2. The van der Waals surface area contributed by atoms with Crippen LogP contribution in [0.15, 0.2) is 48.5 Å². The Morgan fingerprint density at radius 1 is 1.00 bits per heavy atom. The van der Waals surface area contributed by atoms with E-state index in [0.717, 1.165) is 23.2 Å². The van der Waals surface area contributed by atoms with Gasteiger partial charge in [-0.15, -0.1) is 0 Å². The molecule has 0 radical (unpaired) electrons. The lowest BCUT2D eigenvalue weighted by molar-refractivity contribution is -0.116. The lowest BCUT2D eigenvalue weighted by Crippen LogP contribution is -2.38. The van der Waals surface area contributed by atoms with E-state index >= 15 is 0 Å². The maximum absolute atomic E-state index is 12.6. The van der Waals surface area contributed by atoms with Crippen molar-refractivity contribution in [2.45, 2.75) is 27.2 Å². The Bertz CT molecular complexity index is 708. The molecule has 0 fully saturated rings. The Hall–Kier alpha value is -2.62. The van der Waals surface area contributed by atoms with Crippen LogP contribution in [0, 0.1) is 13.8 Å². The molecule has 126 valence electrons. The smallest absolute Gasteiger partial charge is 0.254 e. The molecular formula is C20H24N2O2. The fraction of sp³-hybridized carbons (Fsp3) is 0.300. The Labute approximate surface area is 143 Å². The molecule has 2 aromatic rings. The van der Waals surface area contributed by atoms with Gasteiger partial charge >= 0.3 is 0 Å². The summed E-state index contributed by atoms with van der Waals surface area (Å²) < 4.78 is 0. The van der Waals surface area contributed by atoms with Crippen molar-refractivity contribution < 1.29 is 9.59 Å². The number of para-hydroxylation sites is 1. The van der Waals surface area contributed by atoms with E-state index in [0.29, 0.717) is 12.1 Å². The number of hydrogen-bond donors (Lipinski definition) is 1. The molecule has 4 nitrogen and oxygen atoms in total. The third-order valence-corrected chi connectivity index (χ3v) is 3.83. The molecule has 0 saturated heterocycles. The highest BCUT2D eigenvalue weighted by molar-refractivity contribution is 5.99. The number of benzene rings is 2. The standard InChI is InChI=1S/C20H24N2O2/c1-4-13-22(20(24)17-11-9-15(2)10-12-17)14-19(23)21-18-8-6-5-7-16(18)3/h5-12H,4,13-14H2,1-3H3,(H,21,23). The predicted molar refractivity (Wildman–Crippen MR) is 97.2 cm³/mol. The molecule has 0 aromatic heterocycles. The first-order valence-corrected chi connectivity index (χ1v) is 8.22. The fourth-order valence-electron chi connectivity index (χ4n) is 2.48. The summed E-state index contributed by atoms with van der Waals surface area (Å²) in [5.74, 6) is -0.296. The quantitative estimate of drug-likeness (QED) is 0.879. The van der Waals surface area contributed by atoms with Gasteiger partial charge in [0, 0.05) is 17.8 Å². The highest BCUT2D eigenvalue weighted by atomic mass is 16.2. The highest BCUT2D eigenvalue weighted by Crippen LogP contribution is 2.13. The number of hydrogen-bond acceptors (Lipinski definition) is 2. The van der Waals surface area contributed by atoms with Crippen molar-refractivity contribution in [2.24, 2.45) is 0 Å². The number of rotatable bonds is 6. The minimum absolute atomic E-state index is 0.0505. The van der Waals surface area contributed by atoms with Gasteiger partial charge in [0.15, 0.2) is 0 Å². The van der Waals surface area contributed by atoms with Crippen LogP contribution in [0.2, 0.25) is 0 Å². The van der Waals surface area contributed by atoms with Gasteiger partial charge in [-0.1, -0.05) is 42.8 Å². The average Bonchev–Trinajstić information content (AvgIpc) is 2.56. The normalized spacial score (nSPS) is 10.3. The van der Waals surface area contributed by atoms with Crippen molar-refractivity contribution in [3.63, 3.8) is 0 Å². The molecule has 0 saturated carbocycles. The molecular weight excluding hydrogens is 300 g/mol. The van der Waals surface area contributed by atoms with Crippen LogP contribution in [0.1, 0.15) is 34.8 Å². The topological polar surface area (TPSA) is 49.4 Å². The Morgan fingerprint density at radius 3 is 2.29 bits per heavy atom. The maximum atomic E-state index is 12.6. The van der Waals surface area contributed by atoms with Gasteiger partial charge in [0.05, 0.1) is 0 Å². The molecule has 0 aliphatic heterocycles. The monoisotopic (exact) mass is 324 g/mol. The SMILES string of the molecule is CCCN(CC(=O)Nc1ccccc1C)C(=O)c1ccc(C)cc1. The van der Waals surface area contributed by atoms with Crippen LogP contribution in [0.3, 0.4) is 0 Å². The average molecular weight is 324 g/mol. The van der Waals surface area contributed by atoms with Crippen molar-refractivity contribution in [1.29, 1.82) is 0 Å². The van der Waals surface area contributed by atoms with E-state index in [1.54, 1.807) is 17.0 Å². The molecule has 0 aliphatic carbocycles. The summed E-state index contributed by atoms with van der Waals surface area (Å²) in [5, 5.41) is 2.88. The van der Waals surface area contributed by atoms with Crippen molar-refractivity contribution in [1.82, 2.24) is 4.90 Å². The number of aryl methyl sites for hydroxylation is 2. The summed E-state index contributed by atoms with van der Waals surface area (Å²) >= 11 is 0. The van der Waals surface area contributed by atoms with Gasteiger partial charge in [0.2, 0.25) is 5.91 Å². The summed E-state index contributed by atoms with van der Waals surface area (Å²) in [6, 6.07) is 15.0. The van der Waals surface area contributed by atoms with Gasteiger partial charge in [-0.25, -0.2) is 0 Å². The molecule has 2 aromatic carbocycles. The molecule has 2 rings (SSSR count). The lowest BCUT2D eigenvalue weighted by Gasteiger charge is -2.22. The predicted octanol–water partition coefficient (Wildman–Crippen LogP) is 3.79. The number of carbonyl (C=O) groups excluding carboxylic acids is 2. The molecule has 0 unspecified atom stereocenters. The van der Waals surface area contributed by atoms with Crippen molar-refractivity contribution >= 4 is 17.5 Å². The zero-order valence-electron chi connectivity index (χ0n) is 14.5. The van der Waals surface area contributed by atoms with E-state index in [-0.39, 0.29) is 18.4 Å². The molecule has 0 aliphatic rings. The molecule has 2 amide bonds. The van der Waals surface area contributed by atoms with E-state index in [1.165, 1.54) is 0 Å². The summed E-state index contributed by atoms with van der Waals surface area (Å²) in [6.07, 6.45) is 0.801. The first kappa shape index (κ1) is 17.7. The third-order valence-electron chi connectivity index (χ3n) is 3.83. The number of carbonyl (C=O) groups is 2. The zero-order chi connectivity index (χ0) is 17.5. The van der Waals surface area contributed by atoms with Gasteiger partial charge in [-0.2, -0.15) is 0 Å². The lowest BCUT2D eigenvalue weighted by atomic mass is 10.1. The second-order valence-corrected chi connectivity index (χ2v) is 5.96. The van der Waals surface area contributed by atoms with Crippen LogP contribution in [0.4, 0.5) is 5.69 Å². The molecule has 0 spiro atoms. The molecule has 0 atom stereocenters. The van der Waals surface area contributed by atoms with Crippen molar-refractivity contribution in [2.75, 3.05) is 18.4 Å². The zero-order valence-corrected chi connectivity index (χ0v) is 14.5. The van der Waals surface area contributed by atoms with Gasteiger partial charge in [0.25, 0.3) is 5.91 Å². The van der Waals surface area contributed by atoms with Crippen LogP contribution in [-0.4, -0.2) is 29.8 Å². The van der Waals surface area contributed by atoms with Crippen LogP contribution in [0.5, 0.6) is 0 Å². The summed E-state index contributed by atoms with van der Waals surface area (Å²) in [4.78, 5) is 26.6. The van der Waals surface area contributed by atoms with E-state index in [1.807, 2.05) is 57.2 Å². The van der Waals surface area contributed by atoms with Gasteiger partial charge < -0.3 is 10.2 Å². The number of nitrogens with one attached hydrogen (secondary N) is 1. The third kappa shape index (κ3) is 4.69. The maximum Gasteiger partial charge on any atom is 0.254 e. The number of anilines is 1. The second-order valence-electron chi connectivity index (χ2n) is 5.96. The number of nitrogens with zero attached hydrogens (tertiary/aromatic N) is 1. The van der Waals surface area contributed by atoms with E-state index in [4.69, 9.17) is 0 Å². The minimum Gasteiger partial charge on any atom is -0.329 e. The second kappa shape index (κ2) is 8.29. The molecule has 0 bridgehead atoms. The summed E-state index contributed by atoms with van der Waals surface area (Å²) in [7, 11) is 0. The highest BCUT2D eigenvalue weighted by Gasteiger charge is 2.18. The Kier molecular flexibility index (Phi) is 6.13. The minimum atomic E-state index is -0.182. The fourth-order valence-corrected chi connectivity index (χ4v) is 2.48. The van der Waals surface area contributed by atoms with E-state index in [2.05, 4.69) is 5.32 Å².